The Morgan fingerprint density at radius 3 is 2.73 bits per heavy atom. The molecule has 1 heterocycles. The smallest absolute Gasteiger partial charge is 0.270 e. The van der Waals surface area contributed by atoms with Gasteiger partial charge in [-0.05, 0) is 18.4 Å². The van der Waals surface area contributed by atoms with E-state index in [1.807, 2.05) is 6.07 Å². The summed E-state index contributed by atoms with van der Waals surface area (Å²) in [6.07, 6.45) is 1.78. The lowest BCUT2D eigenvalue weighted by Gasteiger charge is -2.11. The lowest BCUT2D eigenvalue weighted by molar-refractivity contribution is 0.0827. The van der Waals surface area contributed by atoms with Crippen LogP contribution in [0.15, 0.2) is 34.2 Å². The van der Waals surface area contributed by atoms with Crippen LogP contribution in [0.25, 0.3) is 11.3 Å². The Kier molecular flexibility index (Phi) is 4.63. The molecule has 0 bridgehead atoms. The minimum absolute atomic E-state index is 0.0627. The molecule has 0 aliphatic heterocycles. The summed E-state index contributed by atoms with van der Waals surface area (Å²) in [6.45, 7) is 0. The molecule has 0 aliphatic carbocycles. The minimum Gasteiger partial charge on any atom is -0.345 e. The van der Waals surface area contributed by atoms with Gasteiger partial charge in [-0.2, -0.15) is 5.26 Å². The highest BCUT2D eigenvalue weighted by Crippen LogP contribution is 2.22. The Morgan fingerprint density at radius 1 is 1.41 bits per heavy atom. The summed E-state index contributed by atoms with van der Waals surface area (Å²) in [5.74, 6) is -0.157. The summed E-state index contributed by atoms with van der Waals surface area (Å²) < 4.78 is 0. The number of thioether (sulfide) groups is 1. The summed E-state index contributed by atoms with van der Waals surface area (Å²) in [7, 11) is 3.32. The van der Waals surface area contributed by atoms with Crippen LogP contribution in [0, 0.1) is 11.3 Å². The molecule has 0 saturated heterocycles. The second-order valence-corrected chi connectivity index (χ2v) is 5.49. The van der Waals surface area contributed by atoms with Gasteiger partial charge in [-0.25, -0.2) is 4.98 Å². The standard InChI is InChI=1S/C15H14N4O2S/c1-19(2)14(21)10-6-4-5-9(7-10)12-11(8-16)13(20)18-15(17-12)22-3/h4-7H,1-3H3,(H,17,18,20). The van der Waals surface area contributed by atoms with Gasteiger partial charge in [0.05, 0.1) is 5.69 Å². The van der Waals surface area contributed by atoms with Gasteiger partial charge in [0.1, 0.15) is 11.6 Å². The molecule has 1 aromatic carbocycles. The lowest BCUT2D eigenvalue weighted by atomic mass is 10.0. The van der Waals surface area contributed by atoms with Gasteiger partial charge in [0.15, 0.2) is 5.16 Å². The number of nitrogens with zero attached hydrogens (tertiary/aromatic N) is 3. The number of carbonyl (C=O) groups excluding carboxylic acids is 1. The largest absolute Gasteiger partial charge is 0.345 e. The van der Waals surface area contributed by atoms with Gasteiger partial charge in [0.2, 0.25) is 0 Å². The number of rotatable bonds is 3. The molecular weight excluding hydrogens is 300 g/mol. The van der Waals surface area contributed by atoms with Crippen molar-refractivity contribution in [3.8, 4) is 17.3 Å². The van der Waals surface area contributed by atoms with Crippen molar-refractivity contribution in [3.05, 3.63) is 45.7 Å². The predicted octanol–water partition coefficient (Wildman–Crippen LogP) is 1.73. The Balaban J connectivity index is 2.65. The summed E-state index contributed by atoms with van der Waals surface area (Å²) in [5, 5.41) is 9.62. The number of aromatic amines is 1. The van der Waals surface area contributed by atoms with Crippen LogP contribution in [0.2, 0.25) is 0 Å². The molecule has 6 nitrogen and oxygen atoms in total. The number of nitrogens with one attached hydrogen (secondary N) is 1. The van der Waals surface area contributed by atoms with E-state index < -0.39 is 5.56 Å². The molecule has 0 unspecified atom stereocenters. The average Bonchev–Trinajstić information content (AvgIpc) is 2.53. The van der Waals surface area contributed by atoms with Crippen LogP contribution < -0.4 is 5.56 Å². The average molecular weight is 314 g/mol. The highest BCUT2D eigenvalue weighted by atomic mass is 32.2. The van der Waals surface area contributed by atoms with Gasteiger partial charge in [-0.3, -0.25) is 9.59 Å². The SMILES string of the molecule is CSc1nc(-c2cccc(C(=O)N(C)C)c2)c(C#N)c(=O)[nH]1. The Bertz CT molecular complexity index is 821. The number of nitriles is 1. The van der Waals surface area contributed by atoms with Gasteiger partial charge in [0.25, 0.3) is 11.5 Å². The van der Waals surface area contributed by atoms with Crippen molar-refractivity contribution in [2.24, 2.45) is 0 Å². The van der Waals surface area contributed by atoms with Crippen LogP contribution in [0.4, 0.5) is 0 Å². The zero-order valence-corrected chi connectivity index (χ0v) is 13.2. The molecule has 112 valence electrons. The summed E-state index contributed by atoms with van der Waals surface area (Å²) in [5.41, 5.74) is 0.766. The first kappa shape index (κ1) is 15.8. The molecule has 22 heavy (non-hydrogen) atoms. The number of H-pyrrole nitrogens is 1. The third-order valence-electron chi connectivity index (χ3n) is 2.99. The summed E-state index contributed by atoms with van der Waals surface area (Å²) in [4.78, 5) is 32.3. The van der Waals surface area contributed by atoms with Crippen LogP contribution in [-0.2, 0) is 0 Å². The van der Waals surface area contributed by atoms with Crippen molar-refractivity contribution in [2.45, 2.75) is 5.16 Å². The number of benzene rings is 1. The lowest BCUT2D eigenvalue weighted by Crippen LogP contribution is -2.21. The normalized spacial score (nSPS) is 10.1. The molecule has 0 fully saturated rings. The Hall–Kier alpha value is -2.59. The molecule has 0 aliphatic rings. The second-order valence-electron chi connectivity index (χ2n) is 4.69. The van der Waals surface area contributed by atoms with E-state index in [0.717, 1.165) is 0 Å². The third-order valence-corrected chi connectivity index (χ3v) is 3.57. The molecule has 2 rings (SSSR count). The van der Waals surface area contributed by atoms with E-state index in [2.05, 4.69) is 9.97 Å². The monoisotopic (exact) mass is 314 g/mol. The quantitative estimate of drug-likeness (QED) is 0.688. The zero-order valence-electron chi connectivity index (χ0n) is 12.4. The van der Waals surface area contributed by atoms with Crippen LogP contribution in [0.1, 0.15) is 15.9 Å². The van der Waals surface area contributed by atoms with Gasteiger partial charge >= 0.3 is 0 Å². The van der Waals surface area contributed by atoms with Crippen LogP contribution in [0.3, 0.4) is 0 Å². The minimum atomic E-state index is -0.485. The molecule has 2 aromatic rings. The van der Waals surface area contributed by atoms with Gasteiger partial charge in [-0.15, -0.1) is 0 Å². The van der Waals surface area contributed by atoms with Crippen molar-refractivity contribution >= 4 is 17.7 Å². The molecule has 0 spiro atoms. The van der Waals surface area contributed by atoms with Gasteiger partial charge in [-0.1, -0.05) is 23.9 Å². The van der Waals surface area contributed by atoms with Gasteiger partial charge < -0.3 is 9.88 Å². The Labute approximate surface area is 131 Å². The van der Waals surface area contributed by atoms with Crippen molar-refractivity contribution in [1.29, 1.82) is 5.26 Å². The fraction of sp³-hybridized carbons (Fsp3) is 0.200. The summed E-state index contributed by atoms with van der Waals surface area (Å²) in [6, 6.07) is 8.61. The third kappa shape index (κ3) is 3.02. The number of hydrogen-bond donors (Lipinski definition) is 1. The number of aromatic nitrogens is 2. The van der Waals surface area contributed by atoms with E-state index in [1.165, 1.54) is 16.7 Å². The maximum absolute atomic E-state index is 12.0. The first-order valence-electron chi connectivity index (χ1n) is 6.38. The zero-order chi connectivity index (χ0) is 16.3. The first-order valence-corrected chi connectivity index (χ1v) is 7.61. The summed E-state index contributed by atoms with van der Waals surface area (Å²) >= 11 is 1.28. The van der Waals surface area contributed by atoms with Crippen molar-refractivity contribution < 1.29 is 4.79 Å². The van der Waals surface area contributed by atoms with E-state index in [9.17, 15) is 14.9 Å². The van der Waals surface area contributed by atoms with Crippen LogP contribution in [0.5, 0.6) is 0 Å². The first-order chi connectivity index (χ1) is 10.5. The molecule has 1 aromatic heterocycles. The maximum Gasteiger partial charge on any atom is 0.270 e. The predicted molar refractivity (Wildman–Crippen MR) is 84.8 cm³/mol. The number of hydrogen-bond acceptors (Lipinski definition) is 5. The highest BCUT2D eigenvalue weighted by molar-refractivity contribution is 7.98. The van der Waals surface area contributed by atoms with Crippen LogP contribution >= 0.6 is 11.8 Å². The molecule has 0 radical (unpaired) electrons. The fourth-order valence-electron chi connectivity index (χ4n) is 1.92. The number of carbonyl (C=O) groups is 1. The molecular formula is C15H14N4O2S. The van der Waals surface area contributed by atoms with E-state index >= 15 is 0 Å². The van der Waals surface area contributed by atoms with E-state index in [-0.39, 0.29) is 17.2 Å². The molecule has 1 N–H and O–H groups in total. The second kappa shape index (κ2) is 6.45. The topological polar surface area (TPSA) is 89.8 Å². The Morgan fingerprint density at radius 2 is 2.14 bits per heavy atom. The van der Waals surface area contributed by atoms with E-state index in [0.29, 0.717) is 16.3 Å². The maximum atomic E-state index is 12.0. The van der Waals surface area contributed by atoms with Crippen molar-refractivity contribution in [2.75, 3.05) is 20.4 Å². The molecule has 1 amide bonds. The van der Waals surface area contributed by atoms with Crippen molar-refractivity contribution in [3.63, 3.8) is 0 Å². The van der Waals surface area contributed by atoms with E-state index in [1.54, 1.807) is 44.6 Å². The van der Waals surface area contributed by atoms with Crippen LogP contribution in [-0.4, -0.2) is 41.1 Å². The molecule has 0 atom stereocenters. The van der Waals surface area contributed by atoms with Crippen molar-refractivity contribution in [1.82, 2.24) is 14.9 Å². The molecule has 7 heteroatoms. The number of amides is 1. The van der Waals surface area contributed by atoms with Gasteiger partial charge in [0, 0.05) is 25.2 Å². The molecule has 0 saturated carbocycles. The fourth-order valence-corrected chi connectivity index (χ4v) is 2.30. The van der Waals surface area contributed by atoms with E-state index in [4.69, 9.17) is 0 Å². The highest BCUT2D eigenvalue weighted by Gasteiger charge is 2.15.